The Hall–Kier alpha value is -2.87. The molecule has 2 amide bonds. The third-order valence-corrected chi connectivity index (χ3v) is 6.85. The van der Waals surface area contributed by atoms with Crippen LogP contribution < -0.4 is 10.2 Å². The molecule has 1 aromatic carbocycles. The van der Waals surface area contributed by atoms with Gasteiger partial charge in [-0.2, -0.15) is 0 Å². The molecule has 1 aliphatic carbocycles. The number of nitrogens with zero attached hydrogens (tertiary/aromatic N) is 4. The van der Waals surface area contributed by atoms with Crippen molar-refractivity contribution in [1.29, 1.82) is 0 Å². The van der Waals surface area contributed by atoms with Crippen LogP contribution in [-0.2, 0) is 6.54 Å². The zero-order chi connectivity index (χ0) is 22.1. The fourth-order valence-corrected chi connectivity index (χ4v) is 5.27. The van der Waals surface area contributed by atoms with Gasteiger partial charge in [0.1, 0.15) is 23.0 Å². The summed E-state index contributed by atoms with van der Waals surface area (Å²) in [6.07, 6.45) is 9.19. The van der Waals surface area contributed by atoms with Crippen molar-refractivity contribution in [1.82, 2.24) is 15.2 Å². The summed E-state index contributed by atoms with van der Waals surface area (Å²) in [7, 11) is 0. The van der Waals surface area contributed by atoms with Gasteiger partial charge in [0.15, 0.2) is 0 Å². The Labute approximate surface area is 186 Å². The number of amides is 2. The van der Waals surface area contributed by atoms with Crippen LogP contribution in [0, 0.1) is 11.6 Å². The van der Waals surface area contributed by atoms with E-state index < -0.39 is 17.2 Å². The lowest BCUT2D eigenvalue weighted by Crippen LogP contribution is -2.57. The predicted molar refractivity (Wildman–Crippen MR) is 119 cm³/mol. The average molecular weight is 440 g/mol. The Morgan fingerprint density at radius 1 is 1.12 bits per heavy atom. The topological polar surface area (TPSA) is 60.8 Å². The minimum atomic E-state index is -0.717. The van der Waals surface area contributed by atoms with Crippen LogP contribution in [0.15, 0.2) is 47.7 Å². The smallest absolute Gasteiger partial charge is 0.299 e. The molecule has 2 aliphatic heterocycles. The summed E-state index contributed by atoms with van der Waals surface area (Å²) in [4.78, 5) is 26.1. The number of halogens is 2. The second-order valence-electron chi connectivity index (χ2n) is 8.98. The van der Waals surface area contributed by atoms with Crippen LogP contribution in [0.3, 0.4) is 0 Å². The second-order valence-corrected chi connectivity index (χ2v) is 8.98. The lowest BCUT2D eigenvalue weighted by Gasteiger charge is -2.43. The number of benzene rings is 1. The molecule has 3 heterocycles. The normalized spacial score (nSPS) is 22.8. The molecule has 0 atom stereocenters. The molecule has 1 aromatic heterocycles. The number of nitrogens with one attached hydrogen (secondary N) is 1. The van der Waals surface area contributed by atoms with Gasteiger partial charge in [0, 0.05) is 38.1 Å². The molecule has 3 fully saturated rings. The maximum atomic E-state index is 14.1. The van der Waals surface area contributed by atoms with Crippen LogP contribution in [0.1, 0.15) is 44.1 Å². The van der Waals surface area contributed by atoms with Crippen molar-refractivity contribution in [2.24, 2.45) is 4.99 Å². The van der Waals surface area contributed by atoms with Crippen molar-refractivity contribution in [2.45, 2.75) is 56.7 Å². The molecule has 0 unspecified atom stereocenters. The Morgan fingerprint density at radius 2 is 1.84 bits per heavy atom. The number of amidine groups is 1. The first-order chi connectivity index (χ1) is 15.5. The summed E-state index contributed by atoms with van der Waals surface area (Å²) >= 11 is 0. The molecule has 3 aliphatic rings. The highest BCUT2D eigenvalue weighted by atomic mass is 19.1. The fraction of sp³-hybridized carbons (Fsp3) is 0.458. The van der Waals surface area contributed by atoms with Crippen molar-refractivity contribution >= 4 is 17.6 Å². The van der Waals surface area contributed by atoms with E-state index >= 15 is 0 Å². The number of hydrogen-bond donors (Lipinski definition) is 1. The lowest BCUT2D eigenvalue weighted by molar-refractivity contribution is 0.184. The molecule has 6 nitrogen and oxygen atoms in total. The van der Waals surface area contributed by atoms with E-state index in [-0.39, 0.29) is 17.8 Å². The summed E-state index contributed by atoms with van der Waals surface area (Å²) in [5.41, 5.74) is 0.649. The van der Waals surface area contributed by atoms with E-state index in [0.29, 0.717) is 18.7 Å². The standard InChI is InChI=1S/C24H27F2N5O/c25-18-12-19(26)14-21(13-18)31-23(32)29-22(28-20-5-1-2-6-20)24(31)7-10-30(11-8-24)16-17-4-3-9-27-15-17/h3-4,9,12-15,20H,1-2,5-8,10-11,16H2,(H,28,29,32). The van der Waals surface area contributed by atoms with Gasteiger partial charge in [0.2, 0.25) is 0 Å². The number of aliphatic imine (C=N–C) groups is 1. The zero-order valence-electron chi connectivity index (χ0n) is 17.9. The molecular formula is C24H27F2N5O. The number of anilines is 1. The highest BCUT2D eigenvalue weighted by Crippen LogP contribution is 2.39. The number of carbonyl (C=O) groups is 1. The Bertz CT molecular complexity index is 994. The molecule has 2 saturated heterocycles. The molecule has 168 valence electrons. The molecule has 1 spiro atoms. The van der Waals surface area contributed by atoms with Gasteiger partial charge in [-0.05, 0) is 49.4 Å². The SMILES string of the molecule is O=C1NC(=NC2CCCC2)C2(CCN(Cc3cccnc3)CC2)N1c1cc(F)cc(F)c1. The number of likely N-dealkylation sites (tertiary alicyclic amines) is 1. The monoisotopic (exact) mass is 439 g/mol. The summed E-state index contributed by atoms with van der Waals surface area (Å²) < 4.78 is 28.1. The van der Waals surface area contributed by atoms with Crippen LogP contribution in [0.2, 0.25) is 0 Å². The fourth-order valence-electron chi connectivity index (χ4n) is 5.27. The molecule has 2 aromatic rings. The Kier molecular flexibility index (Phi) is 5.63. The largest absolute Gasteiger partial charge is 0.328 e. The molecule has 1 N–H and O–H groups in total. The van der Waals surface area contributed by atoms with E-state index in [9.17, 15) is 13.6 Å². The summed E-state index contributed by atoms with van der Waals surface area (Å²) in [6.45, 7) is 2.25. The number of piperidine rings is 1. The minimum absolute atomic E-state index is 0.194. The van der Waals surface area contributed by atoms with Crippen LogP contribution in [0.4, 0.5) is 19.3 Å². The molecule has 1 saturated carbocycles. The second kappa shape index (κ2) is 8.58. The van der Waals surface area contributed by atoms with Gasteiger partial charge in [-0.1, -0.05) is 18.9 Å². The summed E-state index contributed by atoms with van der Waals surface area (Å²) in [6, 6.07) is 7.08. The van der Waals surface area contributed by atoms with E-state index in [4.69, 9.17) is 4.99 Å². The van der Waals surface area contributed by atoms with Gasteiger partial charge in [0.25, 0.3) is 0 Å². The van der Waals surface area contributed by atoms with Crippen LogP contribution in [0.5, 0.6) is 0 Å². The van der Waals surface area contributed by atoms with Gasteiger partial charge < -0.3 is 0 Å². The van der Waals surface area contributed by atoms with Gasteiger partial charge in [0.05, 0.1) is 11.7 Å². The van der Waals surface area contributed by atoms with Crippen molar-refractivity contribution in [3.05, 3.63) is 59.9 Å². The van der Waals surface area contributed by atoms with Gasteiger partial charge in [-0.3, -0.25) is 25.1 Å². The first-order valence-corrected chi connectivity index (χ1v) is 11.3. The minimum Gasteiger partial charge on any atom is -0.299 e. The Morgan fingerprint density at radius 3 is 2.50 bits per heavy atom. The lowest BCUT2D eigenvalue weighted by atomic mass is 9.84. The van der Waals surface area contributed by atoms with Crippen molar-refractivity contribution in [2.75, 3.05) is 18.0 Å². The van der Waals surface area contributed by atoms with Crippen LogP contribution in [-0.4, -0.2) is 46.4 Å². The van der Waals surface area contributed by atoms with E-state index in [2.05, 4.69) is 15.2 Å². The maximum Gasteiger partial charge on any atom is 0.328 e. The van der Waals surface area contributed by atoms with Crippen molar-refractivity contribution in [3.63, 3.8) is 0 Å². The van der Waals surface area contributed by atoms with E-state index in [0.717, 1.165) is 56.9 Å². The number of rotatable bonds is 4. The average Bonchev–Trinajstić information content (AvgIpc) is 3.36. The first kappa shape index (κ1) is 21.0. The molecule has 8 heteroatoms. The van der Waals surface area contributed by atoms with Crippen LogP contribution in [0.25, 0.3) is 0 Å². The van der Waals surface area contributed by atoms with Crippen LogP contribution >= 0.6 is 0 Å². The van der Waals surface area contributed by atoms with E-state index in [1.807, 2.05) is 18.3 Å². The number of hydrogen-bond acceptors (Lipinski definition) is 4. The van der Waals surface area contributed by atoms with Crippen molar-refractivity contribution < 1.29 is 13.6 Å². The molecule has 5 rings (SSSR count). The summed E-state index contributed by atoms with van der Waals surface area (Å²) in [5.74, 6) is -0.739. The van der Waals surface area contributed by atoms with E-state index in [1.165, 1.54) is 17.0 Å². The summed E-state index contributed by atoms with van der Waals surface area (Å²) in [5, 5.41) is 2.96. The van der Waals surface area contributed by atoms with E-state index in [1.54, 1.807) is 6.20 Å². The van der Waals surface area contributed by atoms with Crippen molar-refractivity contribution in [3.8, 4) is 0 Å². The zero-order valence-corrected chi connectivity index (χ0v) is 17.9. The highest BCUT2D eigenvalue weighted by Gasteiger charge is 2.53. The van der Waals surface area contributed by atoms with Gasteiger partial charge in [-0.25, -0.2) is 13.6 Å². The highest BCUT2D eigenvalue weighted by molar-refractivity contribution is 6.19. The first-order valence-electron chi connectivity index (χ1n) is 11.3. The quantitative estimate of drug-likeness (QED) is 0.774. The molecular weight excluding hydrogens is 412 g/mol. The molecule has 0 bridgehead atoms. The number of pyridine rings is 1. The molecule has 0 radical (unpaired) electrons. The number of aromatic nitrogens is 1. The van der Waals surface area contributed by atoms with Gasteiger partial charge >= 0.3 is 6.03 Å². The maximum absolute atomic E-state index is 14.1. The number of carbonyl (C=O) groups excluding carboxylic acids is 1. The third-order valence-electron chi connectivity index (χ3n) is 6.85. The predicted octanol–water partition coefficient (Wildman–Crippen LogP) is 4.27. The number of urea groups is 1. The Balaban J connectivity index is 1.46. The molecule has 32 heavy (non-hydrogen) atoms. The van der Waals surface area contributed by atoms with Gasteiger partial charge in [-0.15, -0.1) is 0 Å². The third kappa shape index (κ3) is 3.99.